The molecule has 0 spiro atoms. The minimum atomic E-state index is -4.42. The lowest BCUT2D eigenvalue weighted by molar-refractivity contribution is -0.147. The number of esters is 1. The summed E-state index contributed by atoms with van der Waals surface area (Å²) < 4.78 is 26.9. The molecule has 0 saturated heterocycles. The molecule has 0 aliphatic carbocycles. The molecular formula is C47H86NO8P. The van der Waals surface area contributed by atoms with Crippen molar-refractivity contribution in [3.63, 3.8) is 0 Å². The third-order valence-corrected chi connectivity index (χ3v) is 10.7. The third kappa shape index (κ3) is 44.9. The van der Waals surface area contributed by atoms with E-state index in [2.05, 4.69) is 67.8 Å². The van der Waals surface area contributed by atoms with Gasteiger partial charge in [0.2, 0.25) is 5.91 Å². The Morgan fingerprint density at radius 3 is 1.47 bits per heavy atom. The van der Waals surface area contributed by atoms with Crippen LogP contribution < -0.4 is 5.32 Å². The van der Waals surface area contributed by atoms with E-state index in [4.69, 9.17) is 13.8 Å². The molecule has 0 radical (unpaired) electrons. The maximum atomic E-state index is 12.1. The number of phosphoric acid groups is 1. The predicted molar refractivity (Wildman–Crippen MR) is 238 cm³/mol. The van der Waals surface area contributed by atoms with Gasteiger partial charge in [-0.1, -0.05) is 165 Å². The van der Waals surface area contributed by atoms with Gasteiger partial charge in [0.05, 0.1) is 13.2 Å². The molecule has 0 heterocycles. The second kappa shape index (κ2) is 43.5. The first-order valence-electron chi connectivity index (χ1n) is 23.1. The van der Waals surface area contributed by atoms with E-state index in [1.807, 2.05) is 0 Å². The monoisotopic (exact) mass is 824 g/mol. The first-order valence-corrected chi connectivity index (χ1v) is 24.6. The Morgan fingerprint density at radius 2 is 0.947 bits per heavy atom. The van der Waals surface area contributed by atoms with Crippen LogP contribution >= 0.6 is 7.82 Å². The molecule has 2 atom stereocenters. The fraction of sp³-hybridized carbons (Fsp3) is 0.787. The highest BCUT2D eigenvalue weighted by molar-refractivity contribution is 7.47. The first kappa shape index (κ1) is 55.0. The number of aliphatic hydroxyl groups is 1. The maximum Gasteiger partial charge on any atom is 0.472 e. The number of phosphoric ester groups is 1. The van der Waals surface area contributed by atoms with Crippen molar-refractivity contribution in [3.05, 3.63) is 48.6 Å². The molecule has 2 unspecified atom stereocenters. The average Bonchev–Trinajstić information content (AvgIpc) is 3.20. The van der Waals surface area contributed by atoms with Crippen molar-refractivity contribution in [1.29, 1.82) is 0 Å². The van der Waals surface area contributed by atoms with E-state index in [9.17, 15) is 24.2 Å². The van der Waals surface area contributed by atoms with Crippen molar-refractivity contribution < 1.29 is 37.9 Å². The van der Waals surface area contributed by atoms with Crippen molar-refractivity contribution in [3.8, 4) is 0 Å². The normalized spacial score (nSPS) is 13.7. The molecule has 1 amide bonds. The summed E-state index contributed by atoms with van der Waals surface area (Å²) in [5, 5.41) is 12.7. The van der Waals surface area contributed by atoms with Gasteiger partial charge in [-0.05, 0) is 77.0 Å². The molecule has 0 rings (SSSR count). The largest absolute Gasteiger partial charge is 0.472 e. The van der Waals surface area contributed by atoms with Gasteiger partial charge in [0.25, 0.3) is 0 Å². The van der Waals surface area contributed by atoms with Crippen LogP contribution in [-0.2, 0) is 27.9 Å². The van der Waals surface area contributed by atoms with E-state index >= 15 is 0 Å². The number of hydrogen-bond acceptors (Lipinski definition) is 7. The minimum Gasteiger partial charge on any atom is -0.463 e. The molecule has 0 aromatic carbocycles. The van der Waals surface area contributed by atoms with Crippen LogP contribution in [0.25, 0.3) is 0 Å². The highest BCUT2D eigenvalue weighted by Crippen LogP contribution is 2.42. The smallest absolute Gasteiger partial charge is 0.463 e. The Kier molecular flexibility index (Phi) is 42.0. The Balaban J connectivity index is 3.62. The predicted octanol–water partition coefficient (Wildman–Crippen LogP) is 13.1. The fourth-order valence-corrected chi connectivity index (χ4v) is 6.96. The van der Waals surface area contributed by atoms with Crippen molar-refractivity contribution >= 4 is 19.7 Å². The van der Waals surface area contributed by atoms with Crippen molar-refractivity contribution in [2.24, 2.45) is 0 Å². The molecule has 3 N–H and O–H groups in total. The maximum absolute atomic E-state index is 12.1. The Bertz CT molecular complexity index is 1080. The summed E-state index contributed by atoms with van der Waals surface area (Å²) in [6, 6.07) is 0. The highest BCUT2D eigenvalue weighted by Gasteiger charge is 2.23. The molecule has 0 fully saturated rings. The van der Waals surface area contributed by atoms with Gasteiger partial charge in [0.1, 0.15) is 12.7 Å². The Labute approximate surface area is 349 Å². The van der Waals surface area contributed by atoms with Crippen molar-refractivity contribution in [2.75, 3.05) is 26.4 Å². The molecule has 57 heavy (non-hydrogen) atoms. The third-order valence-electron chi connectivity index (χ3n) is 9.73. The second-order valence-electron chi connectivity index (χ2n) is 15.4. The van der Waals surface area contributed by atoms with Gasteiger partial charge in [-0.15, -0.1) is 0 Å². The van der Waals surface area contributed by atoms with E-state index in [0.717, 1.165) is 64.2 Å². The van der Waals surface area contributed by atoms with Crippen LogP contribution in [0.15, 0.2) is 48.6 Å². The number of nitrogens with one attached hydrogen (secondary N) is 1. The zero-order valence-corrected chi connectivity index (χ0v) is 37.4. The summed E-state index contributed by atoms with van der Waals surface area (Å²) in [6.07, 6.45) is 50.3. The molecule has 0 aromatic rings. The fourth-order valence-electron chi connectivity index (χ4n) is 6.21. The van der Waals surface area contributed by atoms with Crippen molar-refractivity contribution in [1.82, 2.24) is 5.32 Å². The molecule has 0 bridgehead atoms. The average molecular weight is 824 g/mol. The van der Waals surface area contributed by atoms with Crippen LogP contribution in [-0.4, -0.2) is 54.3 Å². The van der Waals surface area contributed by atoms with Gasteiger partial charge in [-0.3, -0.25) is 18.6 Å². The standard InChI is InChI=1S/C47H86NO8P/c1-3-5-7-9-11-13-15-17-19-21-22-24-26-28-30-32-34-36-38-40-47(51)54-43-45(49)44-56-57(52,53)55-42-41-48-46(50)39-37-35-33-31-29-27-25-23-20-18-16-14-12-10-8-6-4-2/h11,13,17-20,22,24,45,49H,3-10,12,14-16,21,23,25-44H2,1-2H3,(H,48,50)(H,52,53)/b13-11-,19-17-,20-18-,24-22-. The van der Waals surface area contributed by atoms with Crippen LogP contribution in [0.4, 0.5) is 0 Å². The highest BCUT2D eigenvalue weighted by atomic mass is 31.2. The summed E-state index contributed by atoms with van der Waals surface area (Å²) in [6.45, 7) is 3.51. The summed E-state index contributed by atoms with van der Waals surface area (Å²) in [4.78, 5) is 34.0. The number of ether oxygens (including phenoxy) is 1. The molecule has 10 heteroatoms. The molecule has 0 aliphatic rings. The molecule has 0 saturated carbocycles. The summed E-state index contributed by atoms with van der Waals surface area (Å²) in [7, 11) is -4.42. The van der Waals surface area contributed by atoms with Gasteiger partial charge in [-0.2, -0.15) is 0 Å². The lowest BCUT2D eigenvalue weighted by Gasteiger charge is -2.15. The quantitative estimate of drug-likeness (QED) is 0.0240. The number of hydrogen-bond donors (Lipinski definition) is 3. The summed E-state index contributed by atoms with van der Waals surface area (Å²) in [5.74, 6) is -0.532. The molecule has 0 aliphatic heterocycles. The molecular weight excluding hydrogens is 737 g/mol. The van der Waals surface area contributed by atoms with E-state index in [-0.39, 0.29) is 32.1 Å². The van der Waals surface area contributed by atoms with E-state index in [1.54, 1.807) is 0 Å². The summed E-state index contributed by atoms with van der Waals surface area (Å²) >= 11 is 0. The second-order valence-corrected chi connectivity index (χ2v) is 16.8. The number of rotatable bonds is 43. The number of amides is 1. The van der Waals surface area contributed by atoms with Crippen LogP contribution in [0.3, 0.4) is 0 Å². The molecule has 9 nitrogen and oxygen atoms in total. The first-order chi connectivity index (χ1) is 27.8. The topological polar surface area (TPSA) is 131 Å². The van der Waals surface area contributed by atoms with Gasteiger partial charge >= 0.3 is 13.8 Å². The SMILES string of the molecule is CCCCC/C=C\C/C=C\C/C=C\CCCCCCCCC(=O)OCC(O)COP(=O)(O)OCCNC(=O)CCCCCCCCC/C=C\CCCCCCCC. The minimum absolute atomic E-state index is 0.0770. The lowest BCUT2D eigenvalue weighted by Crippen LogP contribution is -2.27. The van der Waals surface area contributed by atoms with E-state index in [0.29, 0.717) is 6.42 Å². The van der Waals surface area contributed by atoms with Crippen LogP contribution in [0.2, 0.25) is 0 Å². The van der Waals surface area contributed by atoms with Gasteiger partial charge in [-0.25, -0.2) is 4.57 Å². The van der Waals surface area contributed by atoms with Gasteiger partial charge < -0.3 is 20.1 Å². The van der Waals surface area contributed by atoms with Crippen molar-refractivity contribution in [2.45, 2.75) is 213 Å². The lowest BCUT2D eigenvalue weighted by atomic mass is 10.1. The van der Waals surface area contributed by atoms with Crippen LogP contribution in [0, 0.1) is 0 Å². The van der Waals surface area contributed by atoms with Crippen LogP contribution in [0.5, 0.6) is 0 Å². The Hall–Kier alpha value is -2.03. The number of aliphatic hydroxyl groups excluding tert-OH is 1. The van der Waals surface area contributed by atoms with E-state index in [1.165, 1.54) is 116 Å². The summed E-state index contributed by atoms with van der Waals surface area (Å²) in [5.41, 5.74) is 0. The molecule has 332 valence electrons. The number of carbonyl (C=O) groups is 2. The molecule has 0 aromatic heterocycles. The van der Waals surface area contributed by atoms with Gasteiger partial charge in [0.15, 0.2) is 0 Å². The zero-order chi connectivity index (χ0) is 41.8. The van der Waals surface area contributed by atoms with Crippen LogP contribution in [0.1, 0.15) is 206 Å². The number of allylic oxidation sites excluding steroid dienone is 8. The number of unbranched alkanes of at least 4 members (excludes halogenated alkanes) is 22. The Morgan fingerprint density at radius 1 is 0.544 bits per heavy atom. The number of carbonyl (C=O) groups excluding carboxylic acids is 2. The van der Waals surface area contributed by atoms with Gasteiger partial charge in [0, 0.05) is 19.4 Å². The zero-order valence-electron chi connectivity index (χ0n) is 36.5. The van der Waals surface area contributed by atoms with E-state index < -0.39 is 26.5 Å².